The highest BCUT2D eigenvalue weighted by Gasteiger charge is 2.48. The normalized spacial score (nSPS) is 19.2. The van der Waals surface area contributed by atoms with E-state index < -0.39 is 5.60 Å². The van der Waals surface area contributed by atoms with E-state index in [4.69, 9.17) is 4.65 Å². The zero-order valence-electron chi connectivity index (χ0n) is 12.7. The molecule has 0 saturated carbocycles. The second-order valence-electron chi connectivity index (χ2n) is 5.71. The molecule has 0 amide bonds. The average Bonchev–Trinajstić information content (AvgIpc) is 3.10. The zero-order valence-corrected chi connectivity index (χ0v) is 12.7. The Labute approximate surface area is 137 Å². The smallest absolute Gasteiger partial charge is 0.397 e. The van der Waals surface area contributed by atoms with Crippen LogP contribution in [0.25, 0.3) is 0 Å². The Morgan fingerprint density at radius 2 is 1.17 bits per heavy atom. The van der Waals surface area contributed by atoms with Gasteiger partial charge in [0.2, 0.25) is 0 Å². The van der Waals surface area contributed by atoms with Gasteiger partial charge in [-0.05, 0) is 16.7 Å². The lowest BCUT2D eigenvalue weighted by Gasteiger charge is -2.36. The molecule has 1 fully saturated rings. The van der Waals surface area contributed by atoms with Crippen LogP contribution in [0, 0.1) is 0 Å². The molecule has 1 heterocycles. The first-order valence-corrected chi connectivity index (χ1v) is 7.83. The average molecular weight is 298 g/mol. The van der Waals surface area contributed by atoms with Crippen molar-refractivity contribution in [1.82, 2.24) is 5.23 Å². The minimum Gasteiger partial charge on any atom is -0.409 e. The third kappa shape index (κ3) is 2.38. The molecule has 3 aromatic carbocycles. The van der Waals surface area contributed by atoms with Gasteiger partial charge in [-0.2, -0.15) is 0 Å². The van der Waals surface area contributed by atoms with Crippen molar-refractivity contribution < 1.29 is 4.65 Å². The largest absolute Gasteiger partial charge is 0.409 e. The van der Waals surface area contributed by atoms with Gasteiger partial charge < -0.3 is 9.88 Å². The summed E-state index contributed by atoms with van der Waals surface area (Å²) >= 11 is 0. The van der Waals surface area contributed by atoms with Crippen molar-refractivity contribution in [2.24, 2.45) is 0 Å². The molecule has 0 unspecified atom stereocenters. The third-order valence-corrected chi connectivity index (χ3v) is 4.42. The van der Waals surface area contributed by atoms with Gasteiger partial charge in [0.05, 0.1) is 6.04 Å². The molecule has 2 nitrogen and oxygen atoms in total. The maximum atomic E-state index is 6.24. The van der Waals surface area contributed by atoms with Crippen LogP contribution < -0.4 is 5.23 Å². The standard InChI is InChI=1S/C20H17BNO/c1-4-10-16(11-5-1)19-20(23-21-22-19,17-12-6-2-7-13-17)18-14-8-3-9-15-18/h1-15,19,22H/t19-/m0/s1. The molecule has 1 atom stereocenters. The van der Waals surface area contributed by atoms with Gasteiger partial charge in [0.1, 0.15) is 5.60 Å². The van der Waals surface area contributed by atoms with Crippen molar-refractivity contribution >= 4 is 7.62 Å². The lowest BCUT2D eigenvalue weighted by atomic mass is 9.78. The van der Waals surface area contributed by atoms with E-state index >= 15 is 0 Å². The number of hydrogen-bond donors (Lipinski definition) is 1. The van der Waals surface area contributed by atoms with E-state index in [1.165, 1.54) is 5.56 Å². The maximum Gasteiger partial charge on any atom is 0.397 e. The Morgan fingerprint density at radius 3 is 1.70 bits per heavy atom. The molecule has 111 valence electrons. The molecule has 0 aliphatic carbocycles. The van der Waals surface area contributed by atoms with Crippen molar-refractivity contribution in [3.63, 3.8) is 0 Å². The molecule has 3 heteroatoms. The fraction of sp³-hybridized carbons (Fsp3) is 0.100. The fourth-order valence-electron chi connectivity index (χ4n) is 3.36. The SMILES string of the molecule is [B]1N[C@@H](c2ccccc2)C(c2ccccc2)(c2ccccc2)O1. The predicted octanol–water partition coefficient (Wildman–Crippen LogP) is 3.83. The second kappa shape index (κ2) is 6.03. The molecule has 0 spiro atoms. The van der Waals surface area contributed by atoms with E-state index in [0.717, 1.165) is 11.1 Å². The summed E-state index contributed by atoms with van der Waals surface area (Å²) < 4.78 is 6.24. The molecule has 23 heavy (non-hydrogen) atoms. The second-order valence-corrected chi connectivity index (χ2v) is 5.71. The van der Waals surface area contributed by atoms with Crippen LogP contribution in [0.4, 0.5) is 0 Å². The van der Waals surface area contributed by atoms with Gasteiger partial charge in [-0.15, -0.1) is 0 Å². The molecular weight excluding hydrogens is 281 g/mol. The van der Waals surface area contributed by atoms with E-state index in [9.17, 15) is 0 Å². The number of nitrogens with one attached hydrogen (secondary N) is 1. The van der Waals surface area contributed by atoms with E-state index in [1.807, 2.05) is 18.2 Å². The van der Waals surface area contributed by atoms with Gasteiger partial charge in [-0.3, -0.25) is 0 Å². The summed E-state index contributed by atoms with van der Waals surface area (Å²) in [7, 11) is 1.72. The first-order chi connectivity index (χ1) is 11.4. The Morgan fingerprint density at radius 1 is 0.696 bits per heavy atom. The highest BCUT2D eigenvalue weighted by Crippen LogP contribution is 2.46. The molecule has 0 aromatic heterocycles. The molecule has 1 N–H and O–H groups in total. The molecule has 0 bridgehead atoms. The Kier molecular flexibility index (Phi) is 3.74. The summed E-state index contributed by atoms with van der Waals surface area (Å²) in [6.07, 6.45) is 0. The van der Waals surface area contributed by atoms with Gasteiger partial charge in [0.25, 0.3) is 0 Å². The van der Waals surface area contributed by atoms with Crippen LogP contribution in [0.15, 0.2) is 91.0 Å². The maximum absolute atomic E-state index is 6.24. The van der Waals surface area contributed by atoms with Crippen LogP contribution >= 0.6 is 0 Å². The van der Waals surface area contributed by atoms with E-state index in [0.29, 0.717) is 0 Å². The molecule has 1 aliphatic heterocycles. The van der Waals surface area contributed by atoms with Crippen LogP contribution in [-0.4, -0.2) is 7.62 Å². The van der Waals surface area contributed by atoms with Crippen molar-refractivity contribution in [1.29, 1.82) is 0 Å². The van der Waals surface area contributed by atoms with Gasteiger partial charge in [0, 0.05) is 0 Å². The first kappa shape index (κ1) is 14.3. The van der Waals surface area contributed by atoms with Crippen LogP contribution in [0.2, 0.25) is 0 Å². The van der Waals surface area contributed by atoms with E-state index in [1.54, 1.807) is 7.62 Å². The van der Waals surface area contributed by atoms with Crippen LogP contribution in [0.3, 0.4) is 0 Å². The Bertz CT molecular complexity index is 722. The molecule has 1 aliphatic rings. The van der Waals surface area contributed by atoms with Crippen molar-refractivity contribution in [3.8, 4) is 0 Å². The number of benzene rings is 3. The predicted molar refractivity (Wildman–Crippen MR) is 92.8 cm³/mol. The molecule has 1 saturated heterocycles. The third-order valence-electron chi connectivity index (χ3n) is 4.42. The highest BCUT2D eigenvalue weighted by molar-refractivity contribution is 6.25. The lowest BCUT2D eigenvalue weighted by Crippen LogP contribution is -2.35. The molecule has 1 radical (unpaired) electrons. The quantitative estimate of drug-likeness (QED) is 0.742. The monoisotopic (exact) mass is 298 g/mol. The molecule has 3 aromatic rings. The topological polar surface area (TPSA) is 21.3 Å². The minimum absolute atomic E-state index is 0.0218. The van der Waals surface area contributed by atoms with Crippen LogP contribution in [0.1, 0.15) is 22.7 Å². The van der Waals surface area contributed by atoms with Crippen LogP contribution in [0.5, 0.6) is 0 Å². The van der Waals surface area contributed by atoms with E-state index in [2.05, 4.69) is 78.0 Å². The Hall–Kier alpha value is -2.36. The van der Waals surface area contributed by atoms with Crippen molar-refractivity contribution in [2.45, 2.75) is 11.6 Å². The molecular formula is C20H17BNO. The summed E-state index contributed by atoms with van der Waals surface area (Å²) in [5, 5.41) is 3.41. The van der Waals surface area contributed by atoms with Crippen LogP contribution in [-0.2, 0) is 10.3 Å². The van der Waals surface area contributed by atoms with Gasteiger partial charge in [-0.1, -0.05) is 91.0 Å². The summed E-state index contributed by atoms with van der Waals surface area (Å²) in [6, 6.07) is 31.3. The van der Waals surface area contributed by atoms with Gasteiger partial charge >= 0.3 is 7.62 Å². The summed E-state index contributed by atoms with van der Waals surface area (Å²) in [6.45, 7) is 0. The summed E-state index contributed by atoms with van der Waals surface area (Å²) in [5.41, 5.74) is 2.92. The summed E-state index contributed by atoms with van der Waals surface area (Å²) in [5.74, 6) is 0. The fourth-order valence-corrected chi connectivity index (χ4v) is 3.36. The first-order valence-electron chi connectivity index (χ1n) is 7.83. The lowest BCUT2D eigenvalue weighted by molar-refractivity contribution is 0.118. The number of hydrogen-bond acceptors (Lipinski definition) is 2. The van der Waals surface area contributed by atoms with E-state index in [-0.39, 0.29) is 6.04 Å². The van der Waals surface area contributed by atoms with Crippen molar-refractivity contribution in [2.75, 3.05) is 0 Å². The number of rotatable bonds is 3. The molecule has 4 rings (SSSR count). The van der Waals surface area contributed by atoms with Crippen molar-refractivity contribution in [3.05, 3.63) is 108 Å². The Balaban J connectivity index is 1.93. The van der Waals surface area contributed by atoms with Gasteiger partial charge in [0.15, 0.2) is 0 Å². The van der Waals surface area contributed by atoms with Gasteiger partial charge in [-0.25, -0.2) is 0 Å². The highest BCUT2D eigenvalue weighted by atomic mass is 16.5. The zero-order chi connectivity index (χ0) is 15.5. The minimum atomic E-state index is -0.566. The summed E-state index contributed by atoms with van der Waals surface area (Å²) in [4.78, 5) is 0.